The van der Waals surface area contributed by atoms with Crippen molar-refractivity contribution in [2.24, 2.45) is 0 Å². The summed E-state index contributed by atoms with van der Waals surface area (Å²) in [7, 11) is -2.53. The van der Waals surface area contributed by atoms with E-state index in [1.165, 1.54) is 19.3 Å². The molecule has 146 valence electrons. The Kier molecular flexibility index (Phi) is 12.3. The van der Waals surface area contributed by atoms with Gasteiger partial charge in [0, 0.05) is 38.2 Å². The normalized spacial score (nSPS) is 12.0. The van der Waals surface area contributed by atoms with Crippen LogP contribution in [0.2, 0.25) is 6.04 Å². The first-order chi connectivity index (χ1) is 12.2. The number of aryl methyl sites for hydroxylation is 1. The summed E-state index contributed by atoms with van der Waals surface area (Å²) in [4.78, 5) is 0. The van der Waals surface area contributed by atoms with Crippen LogP contribution < -0.4 is 0 Å². The van der Waals surface area contributed by atoms with Gasteiger partial charge in [-0.05, 0) is 50.5 Å². The van der Waals surface area contributed by atoms with E-state index in [2.05, 4.69) is 22.4 Å². The number of hydrogen-bond donors (Lipinski definition) is 0. The van der Waals surface area contributed by atoms with Crippen molar-refractivity contribution in [3.8, 4) is 0 Å². The van der Waals surface area contributed by atoms with Crippen LogP contribution >= 0.6 is 11.8 Å². The number of thioether (sulfide) groups is 1. The molecular weight excluding hydrogens is 356 g/mol. The molecule has 1 rings (SSSR count). The monoisotopic (exact) mass is 390 g/mol. The first-order valence-corrected chi connectivity index (χ1v) is 12.4. The van der Waals surface area contributed by atoms with E-state index in [1.54, 1.807) is 11.8 Å². The van der Waals surface area contributed by atoms with Gasteiger partial charge in [0.15, 0.2) is 0 Å². The molecule has 1 aromatic heterocycles. The molecule has 7 nitrogen and oxygen atoms in total. The zero-order valence-corrected chi connectivity index (χ0v) is 18.0. The molecule has 9 heteroatoms. The first-order valence-electron chi connectivity index (χ1n) is 9.52. The first kappa shape index (κ1) is 22.6. The van der Waals surface area contributed by atoms with E-state index in [0.717, 1.165) is 36.3 Å². The Morgan fingerprint density at radius 3 is 2.20 bits per heavy atom. The number of rotatable bonds is 16. The lowest BCUT2D eigenvalue weighted by molar-refractivity contribution is 0.0705. The van der Waals surface area contributed by atoms with Crippen LogP contribution in [0.5, 0.6) is 0 Å². The average Bonchev–Trinajstić information content (AvgIpc) is 3.04. The van der Waals surface area contributed by atoms with Gasteiger partial charge in [-0.2, -0.15) is 0 Å². The standard InChI is InChI=1S/C16H34N4O3SSi/c1-5-9-11-14-24-16-17-18-19-20(16)13-10-12-15-25(21-6-2,22-7-3)23-8-4/h5-15H2,1-4H3. The molecular formula is C16H34N4O3SSi. The highest BCUT2D eigenvalue weighted by Gasteiger charge is 2.39. The van der Waals surface area contributed by atoms with Crippen molar-refractivity contribution in [1.29, 1.82) is 0 Å². The average molecular weight is 391 g/mol. The fourth-order valence-corrected chi connectivity index (χ4v) is 6.15. The Labute approximate surface area is 157 Å². The third kappa shape index (κ3) is 8.63. The Bertz CT molecular complexity index is 434. The number of aromatic nitrogens is 4. The summed E-state index contributed by atoms with van der Waals surface area (Å²) in [5.74, 6) is 1.07. The van der Waals surface area contributed by atoms with Crippen LogP contribution in [0.4, 0.5) is 0 Å². The SMILES string of the molecule is CCCCCSc1nnnn1CCCC[Si](OCC)(OCC)OCC. The maximum Gasteiger partial charge on any atom is 0.500 e. The molecule has 0 aromatic carbocycles. The maximum absolute atomic E-state index is 5.89. The lowest BCUT2D eigenvalue weighted by atomic mass is 10.3. The molecule has 0 N–H and O–H groups in total. The summed E-state index contributed by atoms with van der Waals surface area (Å²) in [5, 5.41) is 13.0. The molecule has 0 saturated carbocycles. The fourth-order valence-electron chi connectivity index (χ4n) is 2.56. The highest BCUT2D eigenvalue weighted by Crippen LogP contribution is 2.21. The zero-order chi connectivity index (χ0) is 18.4. The summed E-state index contributed by atoms with van der Waals surface area (Å²) >= 11 is 1.74. The van der Waals surface area contributed by atoms with Gasteiger partial charge in [0.05, 0.1) is 0 Å². The van der Waals surface area contributed by atoms with Crippen molar-refractivity contribution in [2.45, 2.75) is 77.5 Å². The smallest absolute Gasteiger partial charge is 0.374 e. The van der Waals surface area contributed by atoms with Gasteiger partial charge in [-0.25, -0.2) is 4.68 Å². The van der Waals surface area contributed by atoms with Crippen LogP contribution in [-0.2, 0) is 19.8 Å². The highest BCUT2D eigenvalue weighted by molar-refractivity contribution is 7.99. The van der Waals surface area contributed by atoms with Crippen molar-refractivity contribution < 1.29 is 13.3 Å². The van der Waals surface area contributed by atoms with E-state index in [0.29, 0.717) is 19.8 Å². The Balaban J connectivity index is 2.41. The van der Waals surface area contributed by atoms with Gasteiger partial charge in [-0.3, -0.25) is 0 Å². The Hall–Kier alpha value is -0.483. The summed E-state index contributed by atoms with van der Waals surface area (Å²) in [6.07, 6.45) is 5.66. The van der Waals surface area contributed by atoms with Gasteiger partial charge in [0.25, 0.3) is 0 Å². The van der Waals surface area contributed by atoms with E-state index in [-0.39, 0.29) is 0 Å². The molecule has 0 bridgehead atoms. The maximum atomic E-state index is 5.89. The van der Waals surface area contributed by atoms with Crippen molar-refractivity contribution in [3.05, 3.63) is 0 Å². The quantitative estimate of drug-likeness (QED) is 0.242. The van der Waals surface area contributed by atoms with Gasteiger partial charge < -0.3 is 13.3 Å². The Morgan fingerprint density at radius 2 is 1.60 bits per heavy atom. The molecule has 0 aliphatic carbocycles. The van der Waals surface area contributed by atoms with Gasteiger partial charge in [0.1, 0.15) is 0 Å². The van der Waals surface area contributed by atoms with Gasteiger partial charge in [-0.1, -0.05) is 31.5 Å². The highest BCUT2D eigenvalue weighted by atomic mass is 32.2. The summed E-state index contributed by atoms with van der Waals surface area (Å²) < 4.78 is 19.6. The molecule has 0 unspecified atom stereocenters. The van der Waals surface area contributed by atoms with Gasteiger partial charge in [0.2, 0.25) is 5.16 Å². The minimum Gasteiger partial charge on any atom is -0.374 e. The molecule has 1 heterocycles. The van der Waals surface area contributed by atoms with E-state index in [4.69, 9.17) is 13.3 Å². The zero-order valence-electron chi connectivity index (χ0n) is 16.2. The molecule has 25 heavy (non-hydrogen) atoms. The van der Waals surface area contributed by atoms with Crippen molar-refractivity contribution in [3.63, 3.8) is 0 Å². The van der Waals surface area contributed by atoms with Crippen LogP contribution in [0.15, 0.2) is 5.16 Å². The van der Waals surface area contributed by atoms with Crippen LogP contribution in [-0.4, -0.2) is 54.6 Å². The molecule has 0 fully saturated rings. The second-order valence-electron chi connectivity index (χ2n) is 5.68. The van der Waals surface area contributed by atoms with Crippen LogP contribution in [0.1, 0.15) is 59.8 Å². The fraction of sp³-hybridized carbons (Fsp3) is 0.938. The van der Waals surface area contributed by atoms with E-state index < -0.39 is 8.80 Å². The number of nitrogens with zero attached hydrogens (tertiary/aromatic N) is 4. The molecule has 1 aromatic rings. The molecule has 0 atom stereocenters. The van der Waals surface area contributed by atoms with Gasteiger partial charge in [-0.15, -0.1) is 5.10 Å². The third-order valence-electron chi connectivity index (χ3n) is 3.67. The molecule has 0 saturated heterocycles. The van der Waals surface area contributed by atoms with Gasteiger partial charge >= 0.3 is 8.80 Å². The molecule has 0 spiro atoms. The van der Waals surface area contributed by atoms with Crippen LogP contribution in [0.3, 0.4) is 0 Å². The van der Waals surface area contributed by atoms with E-state index in [9.17, 15) is 0 Å². The Morgan fingerprint density at radius 1 is 0.920 bits per heavy atom. The number of unbranched alkanes of at least 4 members (excludes halogenated alkanes) is 3. The van der Waals surface area contributed by atoms with Crippen molar-refractivity contribution in [1.82, 2.24) is 20.2 Å². The molecule has 0 aliphatic rings. The second kappa shape index (κ2) is 13.7. The summed E-state index contributed by atoms with van der Waals surface area (Å²) in [6, 6.07) is 0.837. The predicted molar refractivity (Wildman–Crippen MR) is 103 cm³/mol. The summed E-state index contributed by atoms with van der Waals surface area (Å²) in [5.41, 5.74) is 0. The second-order valence-corrected chi connectivity index (χ2v) is 9.47. The minimum absolute atomic E-state index is 0.623. The third-order valence-corrected chi connectivity index (χ3v) is 7.87. The largest absolute Gasteiger partial charge is 0.500 e. The van der Waals surface area contributed by atoms with Crippen LogP contribution in [0.25, 0.3) is 0 Å². The van der Waals surface area contributed by atoms with E-state index in [1.807, 2.05) is 25.5 Å². The van der Waals surface area contributed by atoms with E-state index >= 15 is 0 Å². The molecule has 0 radical (unpaired) electrons. The van der Waals surface area contributed by atoms with Crippen molar-refractivity contribution >= 4 is 20.6 Å². The summed E-state index contributed by atoms with van der Waals surface area (Å²) in [6.45, 7) is 10.9. The molecule has 0 amide bonds. The topological polar surface area (TPSA) is 71.3 Å². The lowest BCUT2D eigenvalue weighted by Gasteiger charge is -2.28. The van der Waals surface area contributed by atoms with Crippen molar-refractivity contribution in [2.75, 3.05) is 25.6 Å². The number of hydrogen-bond acceptors (Lipinski definition) is 7. The van der Waals surface area contributed by atoms with Crippen LogP contribution in [0, 0.1) is 0 Å². The molecule has 0 aliphatic heterocycles. The number of tetrazole rings is 1. The minimum atomic E-state index is -2.53. The predicted octanol–water partition coefficient (Wildman–Crippen LogP) is 3.78. The lowest BCUT2D eigenvalue weighted by Crippen LogP contribution is -2.45.